The fraction of sp³-hybridized carbons (Fsp3) is 0.500. The summed E-state index contributed by atoms with van der Waals surface area (Å²) in [5, 5.41) is 0. The zero-order valence-electron chi connectivity index (χ0n) is 18.9. The van der Waals surface area contributed by atoms with Crippen molar-refractivity contribution in [1.29, 1.82) is 0 Å². The van der Waals surface area contributed by atoms with E-state index < -0.39 is 5.54 Å². The summed E-state index contributed by atoms with van der Waals surface area (Å²) < 4.78 is 6.50. The molecule has 0 N–H and O–H groups in total. The van der Waals surface area contributed by atoms with Crippen LogP contribution in [0.25, 0.3) is 11.1 Å². The highest BCUT2D eigenvalue weighted by Gasteiger charge is 2.50. The Morgan fingerprint density at radius 1 is 1.15 bits per heavy atom. The second-order valence-corrected chi connectivity index (χ2v) is 12.1. The molecule has 2 atom stereocenters. The van der Waals surface area contributed by atoms with Gasteiger partial charge in [-0.05, 0) is 51.8 Å². The molecule has 0 spiro atoms. The Balaban J connectivity index is 1.54. The SMILES string of the molecule is CCOc1ccc2c(c1)-c1c(ssc1=S)C(C)(C)N2C(=O)CN1C(=O)[C@H]2CCCC[C@@H]2C1=O. The van der Waals surface area contributed by atoms with Gasteiger partial charge >= 0.3 is 0 Å². The zero-order chi connectivity index (χ0) is 23.5. The number of nitrogens with zero attached hydrogens (tertiary/aromatic N) is 2. The molecule has 1 saturated heterocycles. The van der Waals surface area contributed by atoms with Gasteiger partial charge in [-0.2, -0.15) is 0 Å². The Bertz CT molecular complexity index is 1190. The first-order valence-corrected chi connectivity index (χ1v) is 13.9. The second kappa shape index (κ2) is 8.29. The van der Waals surface area contributed by atoms with Crippen molar-refractivity contribution in [3.8, 4) is 16.9 Å². The van der Waals surface area contributed by atoms with E-state index in [4.69, 9.17) is 17.0 Å². The molecule has 1 aromatic heterocycles. The Hall–Kier alpha value is -2.10. The average molecular weight is 503 g/mol. The molecule has 0 radical (unpaired) electrons. The number of amides is 3. The van der Waals surface area contributed by atoms with E-state index in [-0.39, 0.29) is 36.1 Å². The van der Waals surface area contributed by atoms with Crippen LogP contribution >= 0.6 is 32.9 Å². The highest BCUT2D eigenvalue weighted by molar-refractivity contribution is 7.80. The summed E-state index contributed by atoms with van der Waals surface area (Å²) in [4.78, 5) is 43.7. The number of anilines is 1. The Labute approximate surface area is 205 Å². The molecule has 174 valence electrons. The lowest BCUT2D eigenvalue weighted by molar-refractivity contribution is -0.143. The summed E-state index contributed by atoms with van der Waals surface area (Å²) in [5.41, 5.74) is 1.90. The number of fused-ring (bicyclic) bond motifs is 4. The number of hydrogen-bond acceptors (Lipinski definition) is 7. The molecular weight excluding hydrogens is 476 g/mol. The minimum absolute atomic E-state index is 0.188. The molecule has 3 amide bonds. The standard InChI is InChI=1S/C24H26N2O4S3/c1-4-30-13-9-10-17-16(11-13)19-20(32-33-23(19)31)24(2,3)26(17)18(27)12-25-21(28)14-7-5-6-8-15(14)22(25)29/h9-11,14-15H,4-8,12H2,1-3H3/t14-,15-/m0/s1. The van der Waals surface area contributed by atoms with Crippen LogP contribution in [0.1, 0.15) is 51.3 Å². The van der Waals surface area contributed by atoms with E-state index in [1.54, 1.807) is 15.2 Å². The molecule has 2 aliphatic heterocycles. The van der Waals surface area contributed by atoms with Crippen LogP contribution in [-0.2, 0) is 19.9 Å². The summed E-state index contributed by atoms with van der Waals surface area (Å²) in [6.45, 7) is 6.22. The molecule has 0 unspecified atom stereocenters. The van der Waals surface area contributed by atoms with E-state index >= 15 is 0 Å². The predicted octanol–water partition coefficient (Wildman–Crippen LogP) is 5.36. The lowest BCUT2D eigenvalue weighted by atomic mass is 9.81. The molecular formula is C24H26N2O4S3. The third kappa shape index (κ3) is 3.47. The van der Waals surface area contributed by atoms with Gasteiger partial charge in [-0.15, -0.1) is 0 Å². The van der Waals surface area contributed by atoms with Gasteiger partial charge in [0.15, 0.2) is 0 Å². The van der Waals surface area contributed by atoms with Crippen molar-refractivity contribution >= 4 is 56.3 Å². The maximum Gasteiger partial charge on any atom is 0.247 e. The number of benzene rings is 1. The van der Waals surface area contributed by atoms with Crippen molar-refractivity contribution in [1.82, 2.24) is 4.90 Å². The summed E-state index contributed by atoms with van der Waals surface area (Å²) in [6.07, 6.45) is 3.39. The van der Waals surface area contributed by atoms with Gasteiger partial charge in [-0.3, -0.25) is 24.2 Å². The zero-order valence-corrected chi connectivity index (χ0v) is 21.3. The van der Waals surface area contributed by atoms with E-state index in [9.17, 15) is 14.4 Å². The number of likely N-dealkylation sites (tertiary alicyclic amines) is 1. The van der Waals surface area contributed by atoms with Gasteiger partial charge in [-0.25, -0.2) is 0 Å². The fourth-order valence-corrected chi connectivity index (χ4v) is 8.79. The van der Waals surface area contributed by atoms with Crippen LogP contribution in [0.3, 0.4) is 0 Å². The van der Waals surface area contributed by atoms with Crippen molar-refractivity contribution in [2.45, 2.75) is 52.0 Å². The lowest BCUT2D eigenvalue weighted by Crippen LogP contribution is -2.52. The predicted molar refractivity (Wildman–Crippen MR) is 132 cm³/mol. The number of hydrogen-bond donors (Lipinski definition) is 0. The van der Waals surface area contributed by atoms with Gasteiger partial charge in [-0.1, -0.05) is 45.7 Å². The molecule has 2 fully saturated rings. The minimum Gasteiger partial charge on any atom is -0.494 e. The highest BCUT2D eigenvalue weighted by Crippen LogP contribution is 2.53. The Morgan fingerprint density at radius 2 is 1.82 bits per heavy atom. The summed E-state index contributed by atoms with van der Waals surface area (Å²) in [6, 6.07) is 5.67. The molecule has 0 bridgehead atoms. The second-order valence-electron chi connectivity index (χ2n) is 9.32. The molecule has 1 aliphatic carbocycles. The minimum atomic E-state index is -0.663. The van der Waals surface area contributed by atoms with Gasteiger partial charge in [0, 0.05) is 11.1 Å². The maximum absolute atomic E-state index is 13.8. The van der Waals surface area contributed by atoms with Crippen LogP contribution in [0.4, 0.5) is 5.69 Å². The van der Waals surface area contributed by atoms with Crippen molar-refractivity contribution in [2.24, 2.45) is 11.8 Å². The Morgan fingerprint density at radius 3 is 2.45 bits per heavy atom. The van der Waals surface area contributed by atoms with Gasteiger partial charge < -0.3 is 4.74 Å². The third-order valence-electron chi connectivity index (χ3n) is 7.01. The molecule has 6 nitrogen and oxygen atoms in total. The molecule has 1 saturated carbocycles. The average Bonchev–Trinajstić information content (AvgIpc) is 3.29. The van der Waals surface area contributed by atoms with Crippen LogP contribution < -0.4 is 9.64 Å². The van der Waals surface area contributed by atoms with Gasteiger partial charge in [0.05, 0.1) is 34.5 Å². The van der Waals surface area contributed by atoms with Gasteiger partial charge in [0.2, 0.25) is 17.7 Å². The van der Waals surface area contributed by atoms with Crippen molar-refractivity contribution in [3.63, 3.8) is 0 Å². The first-order chi connectivity index (χ1) is 15.8. The maximum atomic E-state index is 13.8. The fourth-order valence-electron chi connectivity index (χ4n) is 5.50. The molecule has 5 rings (SSSR count). The van der Waals surface area contributed by atoms with Crippen molar-refractivity contribution in [2.75, 3.05) is 18.1 Å². The van der Waals surface area contributed by atoms with E-state index in [2.05, 4.69) is 0 Å². The topological polar surface area (TPSA) is 66.9 Å². The molecule has 9 heteroatoms. The summed E-state index contributed by atoms with van der Waals surface area (Å²) >= 11 is 5.66. The first kappa shape index (κ1) is 22.7. The van der Waals surface area contributed by atoms with Gasteiger partial charge in [0.25, 0.3) is 0 Å². The van der Waals surface area contributed by atoms with E-state index in [1.165, 1.54) is 15.2 Å². The summed E-state index contributed by atoms with van der Waals surface area (Å²) in [5.74, 6) is -0.446. The van der Waals surface area contributed by atoms with Crippen molar-refractivity contribution in [3.05, 3.63) is 26.9 Å². The molecule has 3 heterocycles. The Kier molecular flexibility index (Phi) is 5.69. The monoisotopic (exact) mass is 502 g/mol. The number of ether oxygens (including phenoxy) is 1. The molecule has 3 aliphatic rings. The van der Waals surface area contributed by atoms with E-state index in [1.807, 2.05) is 39.0 Å². The number of rotatable bonds is 4. The molecule has 33 heavy (non-hydrogen) atoms. The highest BCUT2D eigenvalue weighted by atomic mass is 32.9. The van der Waals surface area contributed by atoms with Crippen LogP contribution in [0, 0.1) is 15.7 Å². The van der Waals surface area contributed by atoms with Crippen molar-refractivity contribution < 1.29 is 19.1 Å². The lowest BCUT2D eigenvalue weighted by Gasteiger charge is -2.43. The van der Waals surface area contributed by atoms with Gasteiger partial charge in [0.1, 0.15) is 16.1 Å². The number of carbonyl (C=O) groups is 3. The largest absolute Gasteiger partial charge is 0.494 e. The first-order valence-electron chi connectivity index (χ1n) is 11.3. The normalized spacial score (nSPS) is 23.2. The van der Waals surface area contributed by atoms with Crippen LogP contribution in [0.5, 0.6) is 5.75 Å². The summed E-state index contributed by atoms with van der Waals surface area (Å²) in [7, 11) is 3.10. The van der Waals surface area contributed by atoms with Crippen LogP contribution in [0.2, 0.25) is 0 Å². The van der Waals surface area contributed by atoms with E-state index in [0.717, 1.165) is 51.2 Å². The quantitative estimate of drug-likeness (QED) is 0.320. The third-order valence-corrected chi connectivity index (χ3v) is 10.3. The number of imide groups is 1. The molecule has 2 aromatic rings. The van der Waals surface area contributed by atoms with E-state index in [0.29, 0.717) is 12.4 Å². The number of carbonyl (C=O) groups excluding carboxylic acids is 3. The van der Waals surface area contributed by atoms with Crippen LogP contribution in [-0.4, -0.2) is 35.8 Å². The van der Waals surface area contributed by atoms with Crippen LogP contribution in [0.15, 0.2) is 18.2 Å². The molecule has 1 aromatic carbocycles. The smallest absolute Gasteiger partial charge is 0.247 e.